The van der Waals surface area contributed by atoms with Gasteiger partial charge in [0.2, 0.25) is 0 Å². The highest BCUT2D eigenvalue weighted by molar-refractivity contribution is 9.10. The van der Waals surface area contributed by atoms with Crippen molar-refractivity contribution in [3.05, 3.63) is 28.2 Å². The van der Waals surface area contributed by atoms with Crippen molar-refractivity contribution in [1.29, 1.82) is 0 Å². The second-order valence-electron chi connectivity index (χ2n) is 5.84. The highest BCUT2D eigenvalue weighted by Crippen LogP contribution is 2.46. The van der Waals surface area contributed by atoms with Crippen LogP contribution in [0, 0.1) is 0 Å². The lowest BCUT2D eigenvalue weighted by molar-refractivity contribution is -0.00246. The van der Waals surface area contributed by atoms with E-state index in [1.54, 1.807) is 0 Å². The number of fused-ring (bicyclic) bond motifs is 1. The van der Waals surface area contributed by atoms with Crippen molar-refractivity contribution in [2.75, 3.05) is 6.54 Å². The van der Waals surface area contributed by atoms with Crippen LogP contribution in [0.25, 0.3) is 0 Å². The lowest BCUT2D eigenvalue weighted by Gasteiger charge is -2.44. The Labute approximate surface area is 124 Å². The summed E-state index contributed by atoms with van der Waals surface area (Å²) in [6.45, 7) is 3.19. The zero-order valence-electron chi connectivity index (χ0n) is 11.5. The van der Waals surface area contributed by atoms with Gasteiger partial charge < -0.3 is 10.1 Å². The SMILES string of the molecule is CCNC1CC2(CCCCC2)Oc2ccc(Br)cc21. The Morgan fingerprint density at radius 2 is 2.11 bits per heavy atom. The van der Waals surface area contributed by atoms with Crippen LogP contribution in [-0.2, 0) is 0 Å². The Balaban J connectivity index is 1.94. The summed E-state index contributed by atoms with van der Waals surface area (Å²) < 4.78 is 7.57. The number of ether oxygens (including phenoxy) is 1. The van der Waals surface area contributed by atoms with Gasteiger partial charge in [0.15, 0.2) is 0 Å². The molecule has 0 amide bonds. The van der Waals surface area contributed by atoms with Gasteiger partial charge in [0.25, 0.3) is 0 Å². The molecule has 1 unspecified atom stereocenters. The first kappa shape index (κ1) is 13.4. The van der Waals surface area contributed by atoms with Crippen LogP contribution < -0.4 is 10.1 Å². The molecule has 0 bridgehead atoms. The summed E-state index contributed by atoms with van der Waals surface area (Å²) in [6, 6.07) is 6.85. The Hall–Kier alpha value is -0.540. The average molecular weight is 324 g/mol. The summed E-state index contributed by atoms with van der Waals surface area (Å²) in [4.78, 5) is 0. The van der Waals surface area contributed by atoms with E-state index in [-0.39, 0.29) is 5.60 Å². The van der Waals surface area contributed by atoms with E-state index in [9.17, 15) is 0 Å². The van der Waals surface area contributed by atoms with Crippen molar-refractivity contribution >= 4 is 15.9 Å². The fraction of sp³-hybridized carbons (Fsp3) is 0.625. The summed E-state index contributed by atoms with van der Waals surface area (Å²) in [5, 5.41) is 3.64. The highest BCUT2D eigenvalue weighted by atomic mass is 79.9. The van der Waals surface area contributed by atoms with Crippen LogP contribution in [0.5, 0.6) is 5.75 Å². The van der Waals surface area contributed by atoms with Gasteiger partial charge >= 0.3 is 0 Å². The summed E-state index contributed by atoms with van der Waals surface area (Å²) in [5.74, 6) is 1.09. The van der Waals surface area contributed by atoms with Crippen LogP contribution in [0.2, 0.25) is 0 Å². The molecule has 1 N–H and O–H groups in total. The maximum Gasteiger partial charge on any atom is 0.125 e. The normalized spacial score (nSPS) is 24.8. The largest absolute Gasteiger partial charge is 0.487 e. The topological polar surface area (TPSA) is 21.3 Å². The molecule has 2 aliphatic rings. The van der Waals surface area contributed by atoms with E-state index in [4.69, 9.17) is 4.74 Å². The van der Waals surface area contributed by atoms with E-state index < -0.39 is 0 Å². The predicted molar refractivity (Wildman–Crippen MR) is 81.6 cm³/mol. The molecule has 1 aromatic carbocycles. The number of benzene rings is 1. The van der Waals surface area contributed by atoms with E-state index >= 15 is 0 Å². The average Bonchev–Trinajstić information content (AvgIpc) is 2.41. The molecule has 1 aromatic rings. The van der Waals surface area contributed by atoms with Gasteiger partial charge in [0, 0.05) is 22.5 Å². The molecule has 1 fully saturated rings. The molecular formula is C16H22BrNO. The van der Waals surface area contributed by atoms with Gasteiger partial charge in [-0.3, -0.25) is 0 Å². The molecular weight excluding hydrogens is 302 g/mol. The number of halogens is 1. The van der Waals surface area contributed by atoms with Gasteiger partial charge in [-0.1, -0.05) is 29.3 Å². The fourth-order valence-electron chi connectivity index (χ4n) is 3.57. The fourth-order valence-corrected chi connectivity index (χ4v) is 3.95. The van der Waals surface area contributed by atoms with Crippen molar-refractivity contribution in [2.24, 2.45) is 0 Å². The minimum atomic E-state index is 0.0892. The van der Waals surface area contributed by atoms with Crippen LogP contribution in [-0.4, -0.2) is 12.1 Å². The molecule has 0 saturated heterocycles. The molecule has 1 spiro atoms. The number of rotatable bonds is 2. The van der Waals surface area contributed by atoms with Crippen LogP contribution in [0.15, 0.2) is 22.7 Å². The molecule has 104 valence electrons. The minimum absolute atomic E-state index is 0.0892. The molecule has 1 atom stereocenters. The molecule has 1 saturated carbocycles. The molecule has 1 heterocycles. The number of hydrogen-bond acceptors (Lipinski definition) is 2. The second kappa shape index (κ2) is 5.45. The van der Waals surface area contributed by atoms with E-state index in [1.165, 1.54) is 37.7 Å². The van der Waals surface area contributed by atoms with E-state index in [2.05, 4.69) is 46.4 Å². The van der Waals surface area contributed by atoms with Gasteiger partial charge in [-0.25, -0.2) is 0 Å². The summed E-state index contributed by atoms with van der Waals surface area (Å²) in [7, 11) is 0. The Kier molecular flexibility index (Phi) is 3.86. The van der Waals surface area contributed by atoms with Gasteiger partial charge in [0.1, 0.15) is 11.4 Å². The van der Waals surface area contributed by atoms with Gasteiger partial charge in [-0.2, -0.15) is 0 Å². The van der Waals surface area contributed by atoms with E-state index in [1.807, 2.05) is 0 Å². The third-order valence-corrected chi connectivity index (χ3v) is 4.96. The molecule has 0 radical (unpaired) electrons. The Bertz CT molecular complexity index is 454. The smallest absolute Gasteiger partial charge is 0.125 e. The highest BCUT2D eigenvalue weighted by Gasteiger charge is 2.41. The molecule has 2 nitrogen and oxygen atoms in total. The van der Waals surface area contributed by atoms with Gasteiger partial charge in [0.05, 0.1) is 0 Å². The molecule has 3 rings (SSSR count). The zero-order chi connectivity index (χ0) is 13.3. The first-order valence-corrected chi connectivity index (χ1v) is 8.24. The molecule has 1 aliphatic heterocycles. The summed E-state index contributed by atoms with van der Waals surface area (Å²) in [5.41, 5.74) is 1.40. The minimum Gasteiger partial charge on any atom is -0.487 e. The number of nitrogens with one attached hydrogen (secondary N) is 1. The molecule has 3 heteroatoms. The van der Waals surface area contributed by atoms with Crippen molar-refractivity contribution in [3.8, 4) is 5.75 Å². The maximum absolute atomic E-state index is 6.43. The quantitative estimate of drug-likeness (QED) is 0.859. The second-order valence-corrected chi connectivity index (χ2v) is 6.76. The monoisotopic (exact) mass is 323 g/mol. The van der Waals surface area contributed by atoms with Crippen molar-refractivity contribution < 1.29 is 4.74 Å². The third kappa shape index (κ3) is 2.68. The standard InChI is InChI=1S/C16H22BrNO/c1-2-18-14-11-16(8-4-3-5-9-16)19-15-7-6-12(17)10-13(14)15/h6-7,10,14,18H,2-5,8-9,11H2,1H3. The van der Waals surface area contributed by atoms with Crippen molar-refractivity contribution in [3.63, 3.8) is 0 Å². The molecule has 19 heavy (non-hydrogen) atoms. The van der Waals surface area contributed by atoms with Gasteiger partial charge in [-0.15, -0.1) is 0 Å². The van der Waals surface area contributed by atoms with Crippen LogP contribution in [0.1, 0.15) is 57.1 Å². The third-order valence-electron chi connectivity index (χ3n) is 4.47. The maximum atomic E-state index is 6.43. The first-order valence-electron chi connectivity index (χ1n) is 7.44. The zero-order valence-corrected chi connectivity index (χ0v) is 13.1. The summed E-state index contributed by atoms with van der Waals surface area (Å²) >= 11 is 3.57. The van der Waals surface area contributed by atoms with Crippen LogP contribution in [0.4, 0.5) is 0 Å². The van der Waals surface area contributed by atoms with Crippen molar-refractivity contribution in [2.45, 2.75) is 57.1 Å². The predicted octanol–water partition coefficient (Wildman–Crippen LogP) is 4.59. The van der Waals surface area contributed by atoms with Crippen LogP contribution >= 0.6 is 15.9 Å². The summed E-state index contributed by atoms with van der Waals surface area (Å²) in [6.07, 6.45) is 7.53. The van der Waals surface area contributed by atoms with E-state index in [0.29, 0.717) is 6.04 Å². The van der Waals surface area contributed by atoms with Gasteiger partial charge in [-0.05, 0) is 50.4 Å². The molecule has 1 aliphatic carbocycles. The van der Waals surface area contributed by atoms with Crippen LogP contribution in [0.3, 0.4) is 0 Å². The Morgan fingerprint density at radius 3 is 2.84 bits per heavy atom. The first-order chi connectivity index (χ1) is 9.22. The lowest BCUT2D eigenvalue weighted by atomic mass is 9.77. The Morgan fingerprint density at radius 1 is 1.32 bits per heavy atom. The van der Waals surface area contributed by atoms with Crippen molar-refractivity contribution in [1.82, 2.24) is 5.32 Å². The number of hydrogen-bond donors (Lipinski definition) is 1. The van der Waals surface area contributed by atoms with E-state index in [0.717, 1.165) is 23.2 Å². The molecule has 0 aromatic heterocycles. The lowest BCUT2D eigenvalue weighted by Crippen LogP contribution is -2.45.